The average Bonchev–Trinajstić information content (AvgIpc) is 3.44. The molecule has 0 aliphatic rings. The predicted octanol–water partition coefficient (Wildman–Crippen LogP) is 3.68. The Morgan fingerprint density at radius 1 is 1.14 bits per heavy atom. The maximum absolute atomic E-state index is 13.6. The van der Waals surface area contributed by atoms with E-state index < -0.39 is 0 Å². The molecule has 0 saturated heterocycles. The van der Waals surface area contributed by atoms with E-state index >= 15 is 0 Å². The summed E-state index contributed by atoms with van der Waals surface area (Å²) in [5, 5.41) is 4.10. The van der Waals surface area contributed by atoms with Gasteiger partial charge in [0.05, 0.1) is 18.4 Å². The zero-order valence-electron chi connectivity index (χ0n) is 21.2. The molecule has 3 heterocycles. The number of benzene rings is 2. The van der Waals surface area contributed by atoms with Gasteiger partial charge in [-0.2, -0.15) is 9.97 Å². The van der Waals surface area contributed by atoms with Crippen molar-refractivity contribution in [2.24, 2.45) is 0 Å². The maximum atomic E-state index is 13.6. The molecular weight excluding hydrogens is 472 g/mol. The molecule has 0 atom stereocenters. The number of fused-ring (bicyclic) bond motifs is 2. The number of anilines is 3. The highest BCUT2D eigenvalue weighted by atomic mass is 16.5. The van der Waals surface area contributed by atoms with E-state index in [0.29, 0.717) is 33.9 Å². The van der Waals surface area contributed by atoms with Crippen molar-refractivity contribution in [3.63, 3.8) is 0 Å². The molecule has 0 bridgehead atoms. The van der Waals surface area contributed by atoms with Crippen LogP contribution >= 0.6 is 0 Å². The van der Waals surface area contributed by atoms with Crippen LogP contribution in [-0.2, 0) is 0 Å². The fourth-order valence-corrected chi connectivity index (χ4v) is 4.39. The quantitative estimate of drug-likeness (QED) is 0.323. The van der Waals surface area contributed by atoms with E-state index in [1.165, 1.54) is 12.0 Å². The smallest absolute Gasteiger partial charge is 0.335 e. The Bertz CT molecular complexity index is 1710. The van der Waals surface area contributed by atoms with Gasteiger partial charge in [0.15, 0.2) is 11.5 Å². The van der Waals surface area contributed by atoms with Crippen LogP contribution in [-0.4, -0.2) is 56.1 Å². The van der Waals surface area contributed by atoms with Crippen molar-refractivity contribution in [1.82, 2.24) is 29.0 Å². The summed E-state index contributed by atoms with van der Waals surface area (Å²) in [6.07, 6.45) is 1.85. The number of aromatic nitrogens is 5. The van der Waals surface area contributed by atoms with Crippen LogP contribution in [0.2, 0.25) is 0 Å². The summed E-state index contributed by atoms with van der Waals surface area (Å²) in [7, 11) is 4.86. The minimum atomic E-state index is -0.258. The minimum Gasteiger partial charge on any atom is -0.496 e. The van der Waals surface area contributed by atoms with Crippen LogP contribution in [0.25, 0.3) is 27.8 Å². The SMILES string of the molecule is COc1cc(Nc2nc(N)c3c(n2)n(C(C)C)c(=O)n3-c2ccc3[nH]ccc3c2)ccc1C(=O)N(C)C. The largest absolute Gasteiger partial charge is 0.496 e. The number of hydrogen-bond acceptors (Lipinski definition) is 7. The monoisotopic (exact) mass is 500 g/mol. The first kappa shape index (κ1) is 23.9. The number of H-pyrrole nitrogens is 1. The van der Waals surface area contributed by atoms with Crippen molar-refractivity contribution in [3.8, 4) is 11.4 Å². The van der Waals surface area contributed by atoms with Gasteiger partial charge in [0.2, 0.25) is 5.95 Å². The number of hydrogen-bond donors (Lipinski definition) is 3. The van der Waals surface area contributed by atoms with Crippen molar-refractivity contribution in [2.75, 3.05) is 32.3 Å². The van der Waals surface area contributed by atoms with Crippen molar-refractivity contribution in [1.29, 1.82) is 0 Å². The van der Waals surface area contributed by atoms with E-state index in [-0.39, 0.29) is 29.4 Å². The molecule has 3 aromatic heterocycles. The number of rotatable bonds is 6. The number of nitrogens with two attached hydrogens (primary N) is 1. The first-order valence-corrected chi connectivity index (χ1v) is 11.7. The third kappa shape index (κ3) is 4.03. The van der Waals surface area contributed by atoms with Crippen molar-refractivity contribution in [3.05, 3.63) is 64.7 Å². The Morgan fingerprint density at radius 3 is 2.62 bits per heavy atom. The molecular formula is C26H28N8O3. The van der Waals surface area contributed by atoms with Gasteiger partial charge in [-0.05, 0) is 50.2 Å². The van der Waals surface area contributed by atoms with E-state index in [1.54, 1.807) is 41.4 Å². The van der Waals surface area contributed by atoms with Gasteiger partial charge in [-0.25, -0.2) is 4.79 Å². The van der Waals surface area contributed by atoms with E-state index in [9.17, 15) is 9.59 Å². The van der Waals surface area contributed by atoms with E-state index in [2.05, 4.69) is 20.3 Å². The lowest BCUT2D eigenvalue weighted by Gasteiger charge is -2.15. The van der Waals surface area contributed by atoms with Gasteiger partial charge in [0.1, 0.15) is 11.3 Å². The molecule has 0 fully saturated rings. The van der Waals surface area contributed by atoms with E-state index in [4.69, 9.17) is 10.5 Å². The lowest BCUT2D eigenvalue weighted by atomic mass is 10.1. The highest BCUT2D eigenvalue weighted by molar-refractivity contribution is 5.97. The zero-order chi connectivity index (χ0) is 26.4. The molecule has 0 aliphatic carbocycles. The second-order valence-electron chi connectivity index (χ2n) is 9.18. The van der Waals surface area contributed by atoms with Gasteiger partial charge < -0.3 is 25.7 Å². The predicted molar refractivity (Wildman–Crippen MR) is 144 cm³/mol. The van der Waals surface area contributed by atoms with Gasteiger partial charge in [0.25, 0.3) is 5.91 Å². The van der Waals surface area contributed by atoms with Gasteiger partial charge in [-0.1, -0.05) is 0 Å². The van der Waals surface area contributed by atoms with Crippen LogP contribution in [0.15, 0.2) is 53.5 Å². The molecule has 0 unspecified atom stereocenters. The molecule has 190 valence electrons. The maximum Gasteiger partial charge on any atom is 0.335 e. The van der Waals surface area contributed by atoms with Crippen LogP contribution in [0.5, 0.6) is 5.75 Å². The Kier molecular flexibility index (Phi) is 5.82. The number of nitrogens with zero attached hydrogens (tertiary/aromatic N) is 5. The molecule has 0 saturated carbocycles. The molecule has 4 N–H and O–H groups in total. The highest BCUT2D eigenvalue weighted by Crippen LogP contribution is 2.29. The number of carbonyl (C=O) groups excluding carboxylic acids is 1. The second kappa shape index (κ2) is 9.01. The Labute approximate surface area is 212 Å². The summed E-state index contributed by atoms with van der Waals surface area (Å²) in [5.74, 6) is 0.601. The third-order valence-corrected chi connectivity index (χ3v) is 6.15. The Morgan fingerprint density at radius 2 is 1.92 bits per heavy atom. The Hall–Kier alpha value is -4.80. The summed E-state index contributed by atoms with van der Waals surface area (Å²) in [5.41, 5.74) is 9.69. The van der Waals surface area contributed by atoms with E-state index in [1.807, 2.05) is 44.3 Å². The van der Waals surface area contributed by atoms with Crippen molar-refractivity contribution < 1.29 is 9.53 Å². The number of methoxy groups -OCH3 is 1. The standard InChI is InChI=1S/C26H28N8O3/c1-14(2)33-23-21(34(26(33)36)17-7-9-19-15(12-17)10-11-28-19)22(27)30-25(31-23)29-16-6-8-18(20(13-16)37-5)24(35)32(3)4/h6-14,28H,1-5H3,(H3,27,29,30,31). The van der Waals surface area contributed by atoms with Crippen molar-refractivity contribution >= 4 is 45.4 Å². The molecule has 5 aromatic rings. The van der Waals surface area contributed by atoms with Gasteiger partial charge in [0, 0.05) is 49.0 Å². The molecule has 37 heavy (non-hydrogen) atoms. The molecule has 0 aliphatic heterocycles. The topological polar surface area (TPSA) is 136 Å². The molecule has 0 radical (unpaired) electrons. The summed E-state index contributed by atoms with van der Waals surface area (Å²) in [6, 6.07) is 12.6. The Balaban J connectivity index is 1.62. The average molecular weight is 501 g/mol. The van der Waals surface area contributed by atoms with Gasteiger partial charge in [-0.15, -0.1) is 0 Å². The number of nitrogen functional groups attached to an aromatic ring is 1. The summed E-state index contributed by atoms with van der Waals surface area (Å²) in [6.45, 7) is 3.83. The summed E-state index contributed by atoms with van der Waals surface area (Å²) < 4.78 is 8.57. The molecule has 1 amide bonds. The highest BCUT2D eigenvalue weighted by Gasteiger charge is 2.23. The second-order valence-corrected chi connectivity index (χ2v) is 9.18. The molecule has 0 spiro atoms. The van der Waals surface area contributed by atoms with Gasteiger partial charge in [-0.3, -0.25) is 13.9 Å². The van der Waals surface area contributed by atoms with Gasteiger partial charge >= 0.3 is 5.69 Å². The van der Waals surface area contributed by atoms with Crippen molar-refractivity contribution in [2.45, 2.75) is 19.9 Å². The number of nitrogens with one attached hydrogen (secondary N) is 2. The molecule has 11 nitrogen and oxygen atoms in total. The summed E-state index contributed by atoms with van der Waals surface area (Å²) in [4.78, 5) is 39.8. The fraction of sp³-hybridized carbons (Fsp3) is 0.231. The third-order valence-electron chi connectivity index (χ3n) is 6.15. The minimum absolute atomic E-state index is 0.157. The fourth-order valence-electron chi connectivity index (χ4n) is 4.39. The number of amides is 1. The molecule has 2 aromatic carbocycles. The first-order valence-electron chi connectivity index (χ1n) is 11.7. The normalized spacial score (nSPS) is 11.4. The summed E-state index contributed by atoms with van der Waals surface area (Å²) >= 11 is 0. The number of imidazole rings is 1. The molecule has 11 heteroatoms. The van der Waals surface area contributed by atoms with Crippen LogP contribution in [0.3, 0.4) is 0 Å². The molecule has 5 rings (SSSR count). The number of aromatic amines is 1. The number of ether oxygens (including phenoxy) is 1. The van der Waals surface area contributed by atoms with E-state index in [0.717, 1.165) is 10.9 Å². The van der Waals surface area contributed by atoms with Crippen LogP contribution in [0.4, 0.5) is 17.5 Å². The van der Waals surface area contributed by atoms with Crippen LogP contribution < -0.4 is 21.5 Å². The van der Waals surface area contributed by atoms with Crippen LogP contribution in [0, 0.1) is 0 Å². The van der Waals surface area contributed by atoms with Crippen LogP contribution in [0.1, 0.15) is 30.2 Å². The number of carbonyl (C=O) groups is 1. The lowest BCUT2D eigenvalue weighted by molar-refractivity contribution is 0.0824. The first-order chi connectivity index (χ1) is 17.7. The lowest BCUT2D eigenvalue weighted by Crippen LogP contribution is -2.24. The zero-order valence-corrected chi connectivity index (χ0v) is 21.2.